The van der Waals surface area contributed by atoms with Crippen molar-refractivity contribution in [2.75, 3.05) is 19.6 Å². The highest BCUT2D eigenvalue weighted by Crippen LogP contribution is 2.49. The lowest BCUT2D eigenvalue weighted by Gasteiger charge is -2.30. The fourth-order valence-electron chi connectivity index (χ4n) is 6.97. The van der Waals surface area contributed by atoms with Crippen LogP contribution in [0.5, 0.6) is 0 Å². The summed E-state index contributed by atoms with van der Waals surface area (Å²) in [4.78, 5) is 18.8. The highest BCUT2D eigenvalue weighted by Gasteiger charge is 2.48. The molecule has 2 saturated carbocycles. The van der Waals surface area contributed by atoms with Crippen molar-refractivity contribution in [3.63, 3.8) is 0 Å². The third-order valence-electron chi connectivity index (χ3n) is 9.03. The van der Waals surface area contributed by atoms with Crippen LogP contribution in [0.25, 0.3) is 17.4 Å². The topological polar surface area (TPSA) is 36.7 Å². The van der Waals surface area contributed by atoms with Crippen molar-refractivity contribution in [1.29, 1.82) is 0 Å². The van der Waals surface area contributed by atoms with Crippen LogP contribution in [0.1, 0.15) is 75.5 Å². The summed E-state index contributed by atoms with van der Waals surface area (Å²) in [7, 11) is 0. The second kappa shape index (κ2) is 12.3. The number of carbonyl (C=O) groups excluding carboxylic acids is 1. The van der Waals surface area contributed by atoms with Gasteiger partial charge in [0.2, 0.25) is 0 Å². The number of thioether (sulfide) groups is 1. The third-order valence-corrected chi connectivity index (χ3v) is 11.1. The van der Waals surface area contributed by atoms with Crippen molar-refractivity contribution in [2.45, 2.75) is 76.7 Å². The second-order valence-corrected chi connectivity index (χ2v) is 14.1. The smallest absolute Gasteiger partial charge is 0.266 e. The van der Waals surface area contributed by atoms with E-state index in [4.69, 9.17) is 39.8 Å². The Balaban J connectivity index is 1.19. The molecule has 0 spiro atoms. The van der Waals surface area contributed by atoms with E-state index in [1.165, 1.54) is 82.8 Å². The molecule has 4 fully saturated rings. The largest absolute Gasteiger partial charge is 0.456 e. The lowest BCUT2D eigenvalue weighted by atomic mass is 9.94. The van der Waals surface area contributed by atoms with E-state index in [0.29, 0.717) is 25.2 Å². The van der Waals surface area contributed by atoms with Crippen LogP contribution in [0, 0.1) is 11.8 Å². The Bertz CT molecular complexity index is 1270. The molecule has 1 amide bonds. The number of furan rings is 1. The van der Waals surface area contributed by atoms with Crippen LogP contribution in [0.2, 0.25) is 10.0 Å². The van der Waals surface area contributed by atoms with Crippen LogP contribution < -0.4 is 0 Å². The molecule has 3 unspecified atom stereocenters. The molecule has 3 atom stereocenters. The van der Waals surface area contributed by atoms with Gasteiger partial charge in [-0.25, -0.2) is 0 Å². The number of likely N-dealkylation sites (tertiary alicyclic amines) is 1. The Hall–Kier alpha value is -1.31. The highest BCUT2D eigenvalue weighted by molar-refractivity contribution is 8.26. The average molecular weight is 604 g/mol. The average Bonchev–Trinajstić information content (AvgIpc) is 3.71. The molecule has 1 aromatic carbocycles. The number of rotatable bonds is 9. The molecule has 208 valence electrons. The third kappa shape index (κ3) is 6.16. The fraction of sp³-hybridized carbons (Fsp3) is 0.548. The Kier molecular flexibility index (Phi) is 8.77. The molecular formula is C31H36Cl2N2O2S2. The van der Waals surface area contributed by atoms with Gasteiger partial charge in [0.1, 0.15) is 15.8 Å². The number of aryl methyl sites for hydroxylation is 1. The molecule has 8 heteroatoms. The van der Waals surface area contributed by atoms with E-state index in [1.54, 1.807) is 6.07 Å². The zero-order chi connectivity index (χ0) is 26.9. The molecule has 4 nitrogen and oxygen atoms in total. The Morgan fingerprint density at radius 3 is 2.62 bits per heavy atom. The standard InChI is InChI=1S/C31H36Cl2N2O2S2/c32-24-11-10-23(17-25(24)33)27-18-22(7-3-1-4-12-34-13-5-2-6-14-34)28(37-27)19-29-30(36)35(31(38)39-29)26-16-20-8-9-21(26)15-20/h10-11,17-21,26H,1-9,12-16H2/b29-19-. The maximum Gasteiger partial charge on any atom is 0.266 e. The lowest BCUT2D eigenvalue weighted by molar-refractivity contribution is -0.124. The maximum absolute atomic E-state index is 13.6. The van der Waals surface area contributed by atoms with Gasteiger partial charge in [-0.1, -0.05) is 66.4 Å². The number of halogens is 2. The molecule has 2 aliphatic heterocycles. The van der Waals surface area contributed by atoms with Gasteiger partial charge in [0, 0.05) is 17.7 Å². The normalized spacial score (nSPS) is 26.5. The summed E-state index contributed by atoms with van der Waals surface area (Å²) in [5.41, 5.74) is 2.00. The number of piperidine rings is 1. The van der Waals surface area contributed by atoms with E-state index >= 15 is 0 Å². The molecule has 3 heterocycles. The number of thiocarbonyl (C=S) groups is 1. The fourth-order valence-corrected chi connectivity index (χ4v) is 8.62. The Morgan fingerprint density at radius 1 is 1.03 bits per heavy atom. The zero-order valence-corrected chi connectivity index (χ0v) is 25.4. The van der Waals surface area contributed by atoms with E-state index in [-0.39, 0.29) is 11.9 Å². The molecule has 2 saturated heterocycles. The number of fused-ring (bicyclic) bond motifs is 2. The Morgan fingerprint density at radius 2 is 1.87 bits per heavy atom. The number of nitrogens with zero attached hydrogens (tertiary/aromatic N) is 2. The van der Waals surface area contributed by atoms with E-state index in [2.05, 4.69) is 11.0 Å². The van der Waals surface area contributed by atoms with Gasteiger partial charge in [0.05, 0.1) is 15.0 Å². The molecule has 2 bridgehead atoms. The number of amides is 1. The van der Waals surface area contributed by atoms with Gasteiger partial charge in [-0.05, 0) is 113 Å². The first-order valence-electron chi connectivity index (χ1n) is 14.5. The SMILES string of the molecule is O=C1/C(=C/c2oc(-c3ccc(Cl)c(Cl)c3)cc2CCCCCN2CCCCC2)SC(=S)N1C1CC2CCC1C2. The predicted molar refractivity (Wildman–Crippen MR) is 166 cm³/mol. The molecule has 4 aliphatic rings. The molecule has 0 N–H and O–H groups in total. The predicted octanol–water partition coefficient (Wildman–Crippen LogP) is 8.84. The first-order valence-corrected chi connectivity index (χ1v) is 16.5. The summed E-state index contributed by atoms with van der Waals surface area (Å²) in [5.74, 6) is 2.89. The number of unbranched alkanes of at least 4 members (excludes halogenated alkanes) is 2. The summed E-state index contributed by atoms with van der Waals surface area (Å²) in [6, 6.07) is 7.93. The minimum atomic E-state index is 0.0440. The minimum absolute atomic E-state index is 0.0440. The summed E-state index contributed by atoms with van der Waals surface area (Å²) in [5, 5.41) is 1.02. The highest BCUT2D eigenvalue weighted by atomic mass is 35.5. The summed E-state index contributed by atoms with van der Waals surface area (Å²) in [6.45, 7) is 3.69. The van der Waals surface area contributed by atoms with Gasteiger partial charge in [-0.15, -0.1) is 0 Å². The quantitative estimate of drug-likeness (QED) is 0.163. The van der Waals surface area contributed by atoms with Gasteiger partial charge >= 0.3 is 0 Å². The Labute approximate surface area is 251 Å². The first kappa shape index (κ1) is 27.8. The van der Waals surface area contributed by atoms with Crippen LogP contribution in [0.4, 0.5) is 0 Å². The molecule has 39 heavy (non-hydrogen) atoms. The van der Waals surface area contributed by atoms with E-state index in [9.17, 15) is 4.79 Å². The van der Waals surface area contributed by atoms with E-state index in [0.717, 1.165) is 47.8 Å². The van der Waals surface area contributed by atoms with Crippen LogP contribution in [0.15, 0.2) is 33.6 Å². The zero-order valence-electron chi connectivity index (χ0n) is 22.3. The number of hydrogen-bond acceptors (Lipinski definition) is 5. The molecule has 2 aromatic rings. The molecule has 6 rings (SSSR count). The number of hydrogen-bond donors (Lipinski definition) is 0. The van der Waals surface area contributed by atoms with Crippen molar-refractivity contribution in [3.8, 4) is 11.3 Å². The van der Waals surface area contributed by atoms with E-state index < -0.39 is 0 Å². The lowest BCUT2D eigenvalue weighted by Crippen LogP contribution is -2.41. The van der Waals surface area contributed by atoms with Gasteiger partial charge in [-0.3, -0.25) is 9.69 Å². The van der Waals surface area contributed by atoms with Crippen molar-refractivity contribution in [2.24, 2.45) is 11.8 Å². The van der Waals surface area contributed by atoms with Crippen LogP contribution in [-0.2, 0) is 11.2 Å². The molecule has 0 radical (unpaired) electrons. The maximum atomic E-state index is 13.6. The van der Waals surface area contributed by atoms with Gasteiger partial charge in [0.25, 0.3) is 5.91 Å². The van der Waals surface area contributed by atoms with Crippen molar-refractivity contribution < 1.29 is 9.21 Å². The van der Waals surface area contributed by atoms with Gasteiger partial charge in [-0.2, -0.15) is 0 Å². The molecule has 2 aliphatic carbocycles. The van der Waals surface area contributed by atoms with E-state index in [1.807, 2.05) is 23.1 Å². The van der Waals surface area contributed by atoms with Crippen molar-refractivity contribution in [3.05, 3.63) is 50.5 Å². The van der Waals surface area contributed by atoms with Crippen LogP contribution in [0.3, 0.4) is 0 Å². The summed E-state index contributed by atoms with van der Waals surface area (Å²) in [6.07, 6.45) is 15.2. The minimum Gasteiger partial charge on any atom is -0.456 e. The van der Waals surface area contributed by atoms with Gasteiger partial charge in [0.15, 0.2) is 0 Å². The molecular weight excluding hydrogens is 567 g/mol. The van der Waals surface area contributed by atoms with Gasteiger partial charge < -0.3 is 9.32 Å². The van der Waals surface area contributed by atoms with Crippen LogP contribution in [-0.4, -0.2) is 45.7 Å². The summed E-state index contributed by atoms with van der Waals surface area (Å²) < 4.78 is 7.08. The number of carbonyl (C=O) groups is 1. The summed E-state index contributed by atoms with van der Waals surface area (Å²) >= 11 is 19.6. The second-order valence-electron chi connectivity index (χ2n) is 11.6. The number of benzene rings is 1. The molecule has 1 aromatic heterocycles. The van der Waals surface area contributed by atoms with Crippen LogP contribution >= 0.6 is 47.2 Å². The monoisotopic (exact) mass is 602 g/mol. The first-order chi connectivity index (χ1) is 19.0. The van der Waals surface area contributed by atoms with Crippen molar-refractivity contribution in [1.82, 2.24) is 9.80 Å². The van der Waals surface area contributed by atoms with Crippen molar-refractivity contribution >= 4 is 63.5 Å².